The van der Waals surface area contributed by atoms with Gasteiger partial charge in [0.2, 0.25) is 0 Å². The standard InChI is InChI=1S/C25H27N5O6/c1-35-20-9-7-19(8-10-20)30-22(25(34)36-27-30)17-21(26-23(32)18-5-3-2-4-6-18)24(33)29-13-11-28(12-14-29)15-16-31/h2-10,17,27,31H,11-16H2,1H3/b22-17+,26-21?. The Bertz CT molecular complexity index is 1160. The van der Waals surface area contributed by atoms with E-state index < -0.39 is 17.8 Å². The number of nitrogens with zero attached hydrogens (tertiary/aromatic N) is 4. The molecule has 2 aliphatic rings. The molecular formula is C25H27N5O6. The molecule has 188 valence electrons. The van der Waals surface area contributed by atoms with Gasteiger partial charge in [0.15, 0.2) is 5.70 Å². The quantitative estimate of drug-likeness (QED) is 0.425. The second kappa shape index (κ2) is 11.6. The number of aliphatic hydroxyl groups is 1. The number of rotatable bonds is 7. The lowest BCUT2D eigenvalue weighted by Crippen LogP contribution is -2.51. The summed E-state index contributed by atoms with van der Waals surface area (Å²) in [6.45, 7) is 2.49. The first-order chi connectivity index (χ1) is 17.5. The maximum Gasteiger partial charge on any atom is 0.376 e. The number of aliphatic hydroxyl groups excluding tert-OH is 1. The third kappa shape index (κ3) is 5.77. The molecule has 36 heavy (non-hydrogen) atoms. The Morgan fingerprint density at radius 2 is 1.78 bits per heavy atom. The molecule has 0 atom stereocenters. The lowest BCUT2D eigenvalue weighted by Gasteiger charge is -2.34. The summed E-state index contributed by atoms with van der Waals surface area (Å²) in [5.41, 5.74) is 3.19. The topological polar surface area (TPSA) is 124 Å². The molecule has 2 saturated heterocycles. The van der Waals surface area contributed by atoms with E-state index >= 15 is 0 Å². The second-order valence-corrected chi connectivity index (χ2v) is 8.07. The number of anilines is 1. The van der Waals surface area contributed by atoms with E-state index in [1.807, 2.05) is 4.90 Å². The highest BCUT2D eigenvalue weighted by atomic mass is 16.7. The molecule has 0 aliphatic carbocycles. The first-order valence-corrected chi connectivity index (χ1v) is 11.4. The van der Waals surface area contributed by atoms with Gasteiger partial charge in [-0.15, -0.1) is 0 Å². The molecule has 0 bridgehead atoms. The highest BCUT2D eigenvalue weighted by Gasteiger charge is 2.32. The van der Waals surface area contributed by atoms with Crippen LogP contribution >= 0.6 is 0 Å². The molecule has 2 N–H and O–H groups in total. The van der Waals surface area contributed by atoms with Gasteiger partial charge in [0, 0.05) is 44.4 Å². The number of methoxy groups -OCH3 is 1. The van der Waals surface area contributed by atoms with Crippen molar-refractivity contribution in [2.45, 2.75) is 0 Å². The van der Waals surface area contributed by atoms with Gasteiger partial charge in [-0.05, 0) is 36.4 Å². The lowest BCUT2D eigenvalue weighted by atomic mass is 10.2. The van der Waals surface area contributed by atoms with Crippen LogP contribution in [0.5, 0.6) is 5.75 Å². The monoisotopic (exact) mass is 493 g/mol. The minimum absolute atomic E-state index is 0.00737. The molecule has 2 amide bonds. The van der Waals surface area contributed by atoms with Crippen molar-refractivity contribution in [2.24, 2.45) is 4.99 Å². The Kier molecular flexibility index (Phi) is 8.06. The Hall–Kier alpha value is -4.06. The van der Waals surface area contributed by atoms with Crippen molar-refractivity contribution in [3.8, 4) is 5.75 Å². The number of nitrogens with one attached hydrogen (secondary N) is 1. The van der Waals surface area contributed by atoms with Crippen LogP contribution in [0.15, 0.2) is 71.4 Å². The summed E-state index contributed by atoms with van der Waals surface area (Å²) in [4.78, 5) is 51.6. The van der Waals surface area contributed by atoms with E-state index in [-0.39, 0.29) is 18.0 Å². The molecule has 2 aromatic carbocycles. The molecule has 0 saturated carbocycles. The molecule has 2 aromatic rings. The van der Waals surface area contributed by atoms with E-state index in [0.29, 0.717) is 49.7 Å². The van der Waals surface area contributed by atoms with Gasteiger partial charge >= 0.3 is 5.97 Å². The highest BCUT2D eigenvalue weighted by molar-refractivity contribution is 6.45. The first-order valence-electron chi connectivity index (χ1n) is 11.4. The van der Waals surface area contributed by atoms with Crippen LogP contribution in [0.2, 0.25) is 0 Å². The van der Waals surface area contributed by atoms with Crippen molar-refractivity contribution >= 4 is 29.2 Å². The third-order valence-corrected chi connectivity index (χ3v) is 5.82. The second-order valence-electron chi connectivity index (χ2n) is 8.07. The smallest absolute Gasteiger partial charge is 0.376 e. The molecular weight excluding hydrogens is 466 g/mol. The minimum atomic E-state index is -0.730. The van der Waals surface area contributed by atoms with E-state index in [2.05, 4.69) is 10.6 Å². The van der Waals surface area contributed by atoms with Gasteiger partial charge in [0.25, 0.3) is 11.8 Å². The van der Waals surface area contributed by atoms with E-state index in [1.54, 1.807) is 66.6 Å². The van der Waals surface area contributed by atoms with Gasteiger partial charge in [0.05, 0.1) is 19.4 Å². The van der Waals surface area contributed by atoms with Crippen LogP contribution in [0, 0.1) is 0 Å². The summed E-state index contributed by atoms with van der Waals surface area (Å²) in [5, 5.41) is 10.5. The zero-order chi connectivity index (χ0) is 25.5. The summed E-state index contributed by atoms with van der Waals surface area (Å²) >= 11 is 0. The molecule has 0 unspecified atom stereocenters. The van der Waals surface area contributed by atoms with Crippen LogP contribution in [0.3, 0.4) is 0 Å². The SMILES string of the molecule is COc1ccc(N2NOC(=O)/C2=C\C(=NC(=O)c2ccccc2)C(=O)N2CCN(CCO)CC2)cc1. The number of carbonyl (C=O) groups is 3. The Morgan fingerprint density at radius 1 is 1.08 bits per heavy atom. The molecule has 4 rings (SSSR count). The zero-order valence-electron chi connectivity index (χ0n) is 19.8. The minimum Gasteiger partial charge on any atom is -0.497 e. The molecule has 11 heteroatoms. The fraction of sp³-hybridized carbons (Fsp3) is 0.280. The number of piperazine rings is 1. The average molecular weight is 494 g/mol. The van der Waals surface area contributed by atoms with E-state index in [4.69, 9.17) is 9.57 Å². The van der Waals surface area contributed by atoms with Gasteiger partial charge in [-0.2, -0.15) is 0 Å². The van der Waals surface area contributed by atoms with Crippen LogP contribution in [0.25, 0.3) is 0 Å². The van der Waals surface area contributed by atoms with Crippen molar-refractivity contribution < 1.29 is 29.1 Å². The summed E-state index contributed by atoms with van der Waals surface area (Å²) in [6.07, 6.45) is 1.26. The van der Waals surface area contributed by atoms with Crippen LogP contribution < -0.4 is 15.3 Å². The number of hydrogen-bond donors (Lipinski definition) is 2. The van der Waals surface area contributed by atoms with Crippen molar-refractivity contribution in [3.63, 3.8) is 0 Å². The van der Waals surface area contributed by atoms with Gasteiger partial charge in [-0.25, -0.2) is 14.8 Å². The fourth-order valence-electron chi connectivity index (χ4n) is 3.83. The van der Waals surface area contributed by atoms with E-state index in [0.717, 1.165) is 0 Å². The van der Waals surface area contributed by atoms with Gasteiger partial charge in [-0.1, -0.05) is 23.8 Å². The maximum absolute atomic E-state index is 13.5. The normalized spacial score (nSPS) is 17.9. The molecule has 2 heterocycles. The lowest BCUT2D eigenvalue weighted by molar-refractivity contribution is -0.140. The molecule has 11 nitrogen and oxygen atoms in total. The average Bonchev–Trinajstić information content (AvgIpc) is 3.28. The van der Waals surface area contributed by atoms with Crippen LogP contribution in [-0.4, -0.2) is 84.8 Å². The van der Waals surface area contributed by atoms with Crippen LogP contribution in [-0.2, 0) is 14.4 Å². The number of β-amino-alcohol motifs (C(OH)–C–C–N with tert-alkyl or cyclic N) is 1. The number of hydrogen-bond acceptors (Lipinski definition) is 9. The Labute approximate surface area is 208 Å². The van der Waals surface area contributed by atoms with Crippen molar-refractivity contribution in [1.29, 1.82) is 0 Å². The number of amides is 2. The fourth-order valence-corrected chi connectivity index (χ4v) is 3.83. The summed E-state index contributed by atoms with van der Waals surface area (Å²) < 4.78 is 5.18. The van der Waals surface area contributed by atoms with Crippen molar-refractivity contribution in [2.75, 3.05) is 51.4 Å². The van der Waals surface area contributed by atoms with Crippen molar-refractivity contribution in [3.05, 3.63) is 71.9 Å². The third-order valence-electron chi connectivity index (χ3n) is 5.82. The van der Waals surface area contributed by atoms with Crippen LogP contribution in [0.1, 0.15) is 10.4 Å². The first kappa shape index (κ1) is 25.0. The number of benzene rings is 2. The summed E-state index contributed by atoms with van der Waals surface area (Å²) in [5.74, 6) is -1.19. The van der Waals surface area contributed by atoms with E-state index in [1.165, 1.54) is 11.1 Å². The number of ether oxygens (including phenoxy) is 1. The van der Waals surface area contributed by atoms with Crippen LogP contribution in [0.4, 0.5) is 5.69 Å². The predicted molar refractivity (Wildman–Crippen MR) is 131 cm³/mol. The molecule has 2 fully saturated rings. The zero-order valence-corrected chi connectivity index (χ0v) is 19.8. The number of aliphatic imine (C=N–C) groups is 1. The molecule has 0 aromatic heterocycles. The maximum atomic E-state index is 13.5. The highest BCUT2D eigenvalue weighted by Crippen LogP contribution is 2.24. The Balaban J connectivity index is 1.66. The van der Waals surface area contributed by atoms with E-state index in [9.17, 15) is 19.5 Å². The predicted octanol–water partition coefficient (Wildman–Crippen LogP) is 0.780. The largest absolute Gasteiger partial charge is 0.497 e. The van der Waals surface area contributed by atoms with Crippen molar-refractivity contribution in [1.82, 2.24) is 15.4 Å². The summed E-state index contributed by atoms with van der Waals surface area (Å²) in [6, 6.07) is 15.2. The molecule has 2 aliphatic heterocycles. The molecule has 0 radical (unpaired) electrons. The van der Waals surface area contributed by atoms with Gasteiger partial charge in [-0.3, -0.25) is 14.5 Å². The number of carbonyl (C=O) groups excluding carboxylic acids is 3. The van der Waals surface area contributed by atoms with Gasteiger partial charge < -0.3 is 19.6 Å². The Morgan fingerprint density at radius 3 is 2.42 bits per heavy atom. The molecule has 0 spiro atoms. The summed E-state index contributed by atoms with van der Waals surface area (Å²) in [7, 11) is 1.54. The number of hydrazine groups is 1. The van der Waals surface area contributed by atoms with Gasteiger partial charge in [0.1, 0.15) is 11.5 Å².